The highest BCUT2D eigenvalue weighted by Gasteiger charge is 2.51. The summed E-state index contributed by atoms with van der Waals surface area (Å²) in [6, 6.07) is 20.3. The van der Waals surface area contributed by atoms with E-state index in [1.54, 1.807) is 6.26 Å². The molecule has 0 radical (unpaired) electrons. The van der Waals surface area contributed by atoms with Gasteiger partial charge in [0.1, 0.15) is 30.6 Å². The number of likely N-dealkylation sites (tertiary alicyclic amines) is 1. The minimum atomic E-state index is -0.755. The van der Waals surface area contributed by atoms with Crippen LogP contribution in [0.2, 0.25) is 0 Å². The third kappa shape index (κ3) is 4.73. The summed E-state index contributed by atoms with van der Waals surface area (Å²) < 4.78 is 13.2. The van der Waals surface area contributed by atoms with E-state index in [9.17, 15) is 4.79 Å². The van der Waals surface area contributed by atoms with Crippen molar-refractivity contribution in [2.45, 2.75) is 57.2 Å². The highest BCUT2D eigenvalue weighted by atomic mass is 16.5. The summed E-state index contributed by atoms with van der Waals surface area (Å²) in [5, 5.41) is 0. The number of esters is 1. The highest BCUT2D eigenvalue weighted by molar-refractivity contribution is 5.82. The minimum Gasteiger partial charge on any atom is -0.454 e. The number of benzene rings is 2. The van der Waals surface area contributed by atoms with Crippen LogP contribution in [0.3, 0.4) is 0 Å². The Morgan fingerprint density at radius 1 is 1.03 bits per heavy atom. The molecule has 0 spiro atoms. The molecule has 6 heteroatoms. The van der Waals surface area contributed by atoms with Crippen LogP contribution in [0.1, 0.15) is 50.3 Å². The largest absolute Gasteiger partial charge is 0.454 e. The van der Waals surface area contributed by atoms with Crippen LogP contribution in [0.15, 0.2) is 71.3 Å². The van der Waals surface area contributed by atoms with Crippen molar-refractivity contribution in [1.29, 1.82) is 0 Å². The molecule has 0 N–H and O–H groups in total. The van der Waals surface area contributed by atoms with Gasteiger partial charge >= 0.3 is 5.97 Å². The molecule has 0 unspecified atom stereocenters. The summed E-state index contributed by atoms with van der Waals surface area (Å²) in [4.78, 5) is 21.2. The number of carbonyl (C=O) groups is 1. The molecule has 194 valence electrons. The van der Waals surface area contributed by atoms with E-state index >= 15 is 0 Å². The Hall–Kier alpha value is -2.96. The third-order valence-corrected chi connectivity index (χ3v) is 9.09. The number of hydrogen-bond acceptors (Lipinski definition) is 5. The topological polar surface area (TPSA) is 55.6 Å². The summed E-state index contributed by atoms with van der Waals surface area (Å²) in [6.45, 7) is 7.83. The molecule has 7 rings (SSSR count). The second-order valence-corrected chi connectivity index (χ2v) is 11.4. The van der Waals surface area contributed by atoms with Crippen LogP contribution in [-0.4, -0.2) is 59.2 Å². The van der Waals surface area contributed by atoms with Crippen LogP contribution < -0.4 is 0 Å². The number of quaternary nitrogens is 1. The summed E-state index contributed by atoms with van der Waals surface area (Å²) >= 11 is 0. The first-order valence-corrected chi connectivity index (χ1v) is 13.9. The SMILES string of the molecule is C[C@](C(=O)O[C@H]1C[N+]2(Cc3coc(-c4ccccc4)n3)CCC1CC2)(c1ccccc1)N1CCCCC1. The van der Waals surface area contributed by atoms with Crippen molar-refractivity contribution in [1.82, 2.24) is 9.88 Å². The van der Waals surface area contributed by atoms with E-state index in [4.69, 9.17) is 14.1 Å². The van der Waals surface area contributed by atoms with E-state index in [0.29, 0.717) is 11.8 Å². The van der Waals surface area contributed by atoms with E-state index in [1.165, 1.54) is 6.42 Å². The van der Waals surface area contributed by atoms with E-state index in [0.717, 1.165) is 86.3 Å². The van der Waals surface area contributed by atoms with Crippen molar-refractivity contribution in [3.8, 4) is 11.5 Å². The number of hydrogen-bond donors (Lipinski definition) is 0. The van der Waals surface area contributed by atoms with Gasteiger partial charge in [-0.1, -0.05) is 55.0 Å². The molecule has 4 fully saturated rings. The molecule has 0 amide bonds. The molecule has 5 heterocycles. The molecule has 2 aromatic carbocycles. The molecule has 4 aliphatic rings. The van der Waals surface area contributed by atoms with Crippen LogP contribution in [0.4, 0.5) is 0 Å². The standard InChI is InChI=1S/C31H38N3O3/c1-31(26-13-7-3-8-14-26,33-17-9-4-10-18-33)30(35)37-28-22-34(19-15-24(28)16-20-34)21-27-23-36-29(32-27)25-11-5-2-6-12-25/h2-3,5-8,11-14,23-24,28H,4,9-10,15-22H2,1H3/q+1/t24?,28-,31+,34?/m0/s1. The van der Waals surface area contributed by atoms with Gasteiger partial charge < -0.3 is 13.6 Å². The summed E-state index contributed by atoms with van der Waals surface area (Å²) in [7, 11) is 0. The monoisotopic (exact) mass is 500 g/mol. The molecule has 37 heavy (non-hydrogen) atoms. The predicted octanol–water partition coefficient (Wildman–Crippen LogP) is 5.40. The lowest BCUT2D eigenvalue weighted by molar-refractivity contribution is -0.958. The number of fused-ring (bicyclic) bond motifs is 3. The van der Waals surface area contributed by atoms with Gasteiger partial charge in [0.25, 0.3) is 0 Å². The lowest BCUT2D eigenvalue weighted by atomic mass is 9.82. The Bertz CT molecular complexity index is 1200. The molecule has 4 aliphatic heterocycles. The lowest BCUT2D eigenvalue weighted by Gasteiger charge is -2.52. The van der Waals surface area contributed by atoms with Crippen molar-refractivity contribution >= 4 is 5.97 Å². The number of ether oxygens (including phenoxy) is 1. The Morgan fingerprint density at radius 2 is 1.70 bits per heavy atom. The average Bonchev–Trinajstić information content (AvgIpc) is 3.42. The van der Waals surface area contributed by atoms with Crippen molar-refractivity contribution in [3.05, 3.63) is 78.2 Å². The third-order valence-electron chi connectivity index (χ3n) is 9.09. The second-order valence-electron chi connectivity index (χ2n) is 11.4. The molecule has 0 saturated carbocycles. The quantitative estimate of drug-likeness (QED) is 0.321. The zero-order chi connectivity index (χ0) is 25.3. The highest BCUT2D eigenvalue weighted by Crippen LogP contribution is 2.39. The summed E-state index contributed by atoms with van der Waals surface area (Å²) in [5.41, 5.74) is 2.25. The predicted molar refractivity (Wildman–Crippen MR) is 142 cm³/mol. The van der Waals surface area contributed by atoms with Crippen LogP contribution in [-0.2, 0) is 21.6 Å². The second kappa shape index (κ2) is 10.1. The van der Waals surface area contributed by atoms with Gasteiger partial charge in [-0.15, -0.1) is 0 Å². The number of nitrogens with zero attached hydrogens (tertiary/aromatic N) is 3. The maximum absolute atomic E-state index is 14.0. The Labute approximate surface area is 219 Å². The summed E-state index contributed by atoms with van der Waals surface area (Å²) in [5.74, 6) is 1.02. The first-order chi connectivity index (χ1) is 18.1. The fourth-order valence-corrected chi connectivity index (χ4v) is 6.80. The van der Waals surface area contributed by atoms with Gasteiger partial charge in [-0.3, -0.25) is 4.90 Å². The molecular formula is C31H38N3O3+. The number of carbonyl (C=O) groups excluding carboxylic acids is 1. The Morgan fingerprint density at radius 3 is 2.41 bits per heavy atom. The van der Waals surface area contributed by atoms with Crippen LogP contribution in [0, 0.1) is 5.92 Å². The Balaban J connectivity index is 1.20. The average molecular weight is 501 g/mol. The molecule has 6 nitrogen and oxygen atoms in total. The first kappa shape index (κ1) is 24.4. The zero-order valence-corrected chi connectivity index (χ0v) is 21.9. The molecule has 3 aromatic rings. The Kier molecular flexibility index (Phi) is 6.63. The van der Waals surface area contributed by atoms with Crippen molar-refractivity contribution < 1.29 is 18.4 Å². The molecular weight excluding hydrogens is 462 g/mol. The molecule has 2 atom stereocenters. The van der Waals surface area contributed by atoms with Gasteiger partial charge in [0.15, 0.2) is 6.10 Å². The normalized spacial score (nSPS) is 27.5. The van der Waals surface area contributed by atoms with E-state index in [2.05, 4.69) is 24.0 Å². The fraction of sp³-hybridized carbons (Fsp3) is 0.484. The van der Waals surface area contributed by atoms with Crippen LogP contribution in [0.5, 0.6) is 0 Å². The van der Waals surface area contributed by atoms with Gasteiger partial charge in [0.2, 0.25) is 5.89 Å². The summed E-state index contributed by atoms with van der Waals surface area (Å²) in [6.07, 6.45) is 7.42. The number of piperidine rings is 4. The molecule has 4 saturated heterocycles. The van der Waals surface area contributed by atoms with Gasteiger partial charge in [-0.2, -0.15) is 0 Å². The fourth-order valence-electron chi connectivity index (χ4n) is 6.80. The molecule has 0 aliphatic carbocycles. The van der Waals surface area contributed by atoms with Crippen molar-refractivity contribution in [2.24, 2.45) is 5.92 Å². The van der Waals surface area contributed by atoms with E-state index in [-0.39, 0.29) is 12.1 Å². The van der Waals surface area contributed by atoms with E-state index in [1.807, 2.05) is 48.5 Å². The van der Waals surface area contributed by atoms with Gasteiger partial charge in [-0.05, 0) is 50.6 Å². The lowest BCUT2D eigenvalue weighted by Crippen LogP contribution is -2.64. The van der Waals surface area contributed by atoms with Gasteiger partial charge in [-0.25, -0.2) is 9.78 Å². The van der Waals surface area contributed by atoms with Gasteiger partial charge in [0.05, 0.1) is 13.1 Å². The molecule has 2 bridgehead atoms. The number of aromatic nitrogens is 1. The van der Waals surface area contributed by atoms with Gasteiger partial charge in [0, 0.05) is 24.3 Å². The number of rotatable bonds is 7. The zero-order valence-electron chi connectivity index (χ0n) is 21.9. The maximum Gasteiger partial charge on any atom is 0.331 e. The maximum atomic E-state index is 14.0. The van der Waals surface area contributed by atoms with Crippen LogP contribution in [0.25, 0.3) is 11.5 Å². The van der Waals surface area contributed by atoms with Crippen molar-refractivity contribution in [3.63, 3.8) is 0 Å². The first-order valence-electron chi connectivity index (χ1n) is 13.9. The molecule has 1 aromatic heterocycles. The smallest absolute Gasteiger partial charge is 0.331 e. The number of oxazole rings is 1. The minimum absolute atomic E-state index is 0.0525. The van der Waals surface area contributed by atoms with Crippen LogP contribution >= 0.6 is 0 Å². The van der Waals surface area contributed by atoms with E-state index < -0.39 is 5.54 Å². The van der Waals surface area contributed by atoms with Crippen molar-refractivity contribution in [2.75, 3.05) is 32.7 Å².